The largest absolute Gasteiger partial charge is 0.464 e. The van der Waals surface area contributed by atoms with Gasteiger partial charge in [0.25, 0.3) is 5.91 Å². The monoisotopic (exact) mass is 368 g/mol. The summed E-state index contributed by atoms with van der Waals surface area (Å²) in [6, 6.07) is 10.4. The van der Waals surface area contributed by atoms with Gasteiger partial charge in [-0.2, -0.15) is 0 Å². The maximum absolute atomic E-state index is 11.4. The Morgan fingerprint density at radius 1 is 1.33 bits per heavy atom. The van der Waals surface area contributed by atoms with Crippen LogP contribution >= 0.6 is 27.5 Å². The molecule has 0 bridgehead atoms. The Balaban J connectivity index is 1.89. The van der Waals surface area contributed by atoms with E-state index >= 15 is 0 Å². The molecule has 1 aliphatic rings. The van der Waals surface area contributed by atoms with Gasteiger partial charge in [0, 0.05) is 15.6 Å². The van der Waals surface area contributed by atoms with E-state index in [4.69, 9.17) is 21.5 Å². The second-order valence-corrected chi connectivity index (χ2v) is 5.78. The molecule has 3 N–H and O–H groups in total. The summed E-state index contributed by atoms with van der Waals surface area (Å²) in [5.74, 6) is 0.0400. The highest BCUT2D eigenvalue weighted by atomic mass is 79.9. The highest BCUT2D eigenvalue weighted by Crippen LogP contribution is 2.40. The summed E-state index contributed by atoms with van der Waals surface area (Å²) in [5.41, 5.74) is 3.39. The molecule has 1 heterocycles. The number of anilines is 1. The van der Waals surface area contributed by atoms with E-state index in [2.05, 4.69) is 21.2 Å². The summed E-state index contributed by atoms with van der Waals surface area (Å²) < 4.78 is 6.66. The number of carbonyl (C=O) groups excluding carboxylic acids is 1. The van der Waals surface area contributed by atoms with Crippen molar-refractivity contribution in [2.24, 2.45) is 0 Å². The number of nitrogens with one attached hydrogen (secondary N) is 2. The van der Waals surface area contributed by atoms with Gasteiger partial charge in [0.1, 0.15) is 5.75 Å². The van der Waals surface area contributed by atoms with Crippen LogP contribution < -0.4 is 15.5 Å². The van der Waals surface area contributed by atoms with E-state index in [1.807, 2.05) is 12.1 Å². The Kier molecular flexibility index (Phi) is 3.75. The molecular formula is C14H10BrClN2O3. The molecule has 0 aromatic heterocycles. The van der Waals surface area contributed by atoms with Crippen molar-refractivity contribution in [1.82, 2.24) is 5.48 Å². The summed E-state index contributed by atoms with van der Waals surface area (Å²) in [6.07, 6.45) is -0.423. The van der Waals surface area contributed by atoms with Gasteiger partial charge >= 0.3 is 0 Å². The van der Waals surface area contributed by atoms with E-state index in [1.165, 1.54) is 0 Å². The molecule has 2 aromatic rings. The smallest absolute Gasteiger partial charge is 0.274 e. The fourth-order valence-corrected chi connectivity index (χ4v) is 2.88. The van der Waals surface area contributed by atoms with Crippen molar-refractivity contribution in [3.05, 3.63) is 57.0 Å². The molecule has 2 aromatic carbocycles. The van der Waals surface area contributed by atoms with Crippen LogP contribution in [0.1, 0.15) is 22.1 Å². The SMILES string of the molecule is O=C(NO)c1ccc2c(c1)NC(c1ccc(Br)cc1Cl)O2. The molecule has 21 heavy (non-hydrogen) atoms. The highest BCUT2D eigenvalue weighted by molar-refractivity contribution is 9.10. The van der Waals surface area contributed by atoms with Gasteiger partial charge in [-0.1, -0.05) is 33.6 Å². The van der Waals surface area contributed by atoms with Crippen LogP contribution in [0.2, 0.25) is 5.02 Å². The van der Waals surface area contributed by atoms with Crippen LogP contribution in [0.4, 0.5) is 5.69 Å². The topological polar surface area (TPSA) is 70.6 Å². The van der Waals surface area contributed by atoms with Crippen molar-refractivity contribution < 1.29 is 14.7 Å². The van der Waals surface area contributed by atoms with Crippen molar-refractivity contribution >= 4 is 39.1 Å². The van der Waals surface area contributed by atoms with Gasteiger partial charge in [0.15, 0.2) is 6.23 Å². The van der Waals surface area contributed by atoms with Gasteiger partial charge in [-0.15, -0.1) is 0 Å². The third kappa shape index (κ3) is 2.70. The second-order valence-electron chi connectivity index (χ2n) is 4.46. The summed E-state index contributed by atoms with van der Waals surface area (Å²) in [4.78, 5) is 11.4. The molecule has 0 saturated heterocycles. The number of ether oxygens (including phenoxy) is 1. The Bertz CT molecular complexity index is 723. The third-order valence-electron chi connectivity index (χ3n) is 3.12. The Labute approximate surface area is 134 Å². The number of benzene rings is 2. The minimum absolute atomic E-state index is 0.329. The first-order valence-electron chi connectivity index (χ1n) is 6.05. The van der Waals surface area contributed by atoms with Crippen molar-refractivity contribution in [2.45, 2.75) is 6.23 Å². The molecule has 0 aliphatic carbocycles. The number of rotatable bonds is 2. The minimum Gasteiger partial charge on any atom is -0.464 e. The molecule has 1 amide bonds. The van der Waals surface area contributed by atoms with Gasteiger partial charge in [-0.25, -0.2) is 5.48 Å². The first kappa shape index (κ1) is 14.2. The summed E-state index contributed by atoms with van der Waals surface area (Å²) >= 11 is 9.56. The number of fused-ring (bicyclic) bond motifs is 1. The first-order chi connectivity index (χ1) is 10.1. The fourth-order valence-electron chi connectivity index (χ4n) is 2.10. The second kappa shape index (κ2) is 5.55. The molecule has 0 spiro atoms. The van der Waals surface area contributed by atoms with Crippen molar-refractivity contribution in [3.8, 4) is 5.75 Å². The molecule has 0 fully saturated rings. The molecule has 7 heteroatoms. The lowest BCUT2D eigenvalue weighted by molar-refractivity contribution is 0.0706. The molecule has 0 saturated carbocycles. The molecule has 108 valence electrons. The lowest BCUT2D eigenvalue weighted by atomic mass is 10.1. The standard InChI is InChI=1S/C14H10BrClN2O3/c15-8-2-3-9(10(16)6-8)14-17-11-5-7(13(19)18-20)1-4-12(11)21-14/h1-6,14,17,20H,(H,18,19). The van der Waals surface area contributed by atoms with E-state index in [9.17, 15) is 4.79 Å². The van der Waals surface area contributed by atoms with E-state index in [0.717, 1.165) is 10.0 Å². The number of hydrogen-bond acceptors (Lipinski definition) is 4. The molecule has 0 radical (unpaired) electrons. The molecule has 3 rings (SSSR count). The van der Waals surface area contributed by atoms with Crippen LogP contribution in [0.25, 0.3) is 0 Å². The predicted octanol–water partition coefficient (Wildman–Crippen LogP) is 3.72. The van der Waals surface area contributed by atoms with Gasteiger partial charge in [-0.05, 0) is 30.3 Å². The highest BCUT2D eigenvalue weighted by Gasteiger charge is 2.26. The average molecular weight is 370 g/mol. The van der Waals surface area contributed by atoms with Gasteiger partial charge < -0.3 is 10.1 Å². The average Bonchev–Trinajstić information content (AvgIpc) is 2.88. The number of amides is 1. The number of hydroxylamine groups is 1. The number of halogens is 2. The lowest BCUT2D eigenvalue weighted by Crippen LogP contribution is -2.18. The van der Waals surface area contributed by atoms with Crippen molar-refractivity contribution in [3.63, 3.8) is 0 Å². The van der Waals surface area contributed by atoms with Crippen LogP contribution in [0, 0.1) is 0 Å². The quantitative estimate of drug-likeness (QED) is 0.557. The molecule has 1 atom stereocenters. The Morgan fingerprint density at radius 2 is 2.14 bits per heavy atom. The number of hydrogen-bond donors (Lipinski definition) is 3. The first-order valence-corrected chi connectivity index (χ1v) is 7.22. The van der Waals surface area contributed by atoms with Crippen LogP contribution in [0.5, 0.6) is 5.75 Å². The zero-order valence-corrected chi connectivity index (χ0v) is 12.9. The summed E-state index contributed by atoms with van der Waals surface area (Å²) in [7, 11) is 0. The fraction of sp³-hybridized carbons (Fsp3) is 0.0714. The van der Waals surface area contributed by atoms with Crippen LogP contribution in [0.15, 0.2) is 40.9 Å². The Hall–Kier alpha value is -1.76. The maximum Gasteiger partial charge on any atom is 0.274 e. The minimum atomic E-state index is -0.579. The van der Waals surface area contributed by atoms with E-state index in [0.29, 0.717) is 22.0 Å². The van der Waals surface area contributed by atoms with Crippen LogP contribution in [-0.4, -0.2) is 11.1 Å². The van der Waals surface area contributed by atoms with Gasteiger partial charge in [-0.3, -0.25) is 10.0 Å². The van der Waals surface area contributed by atoms with E-state index < -0.39 is 12.1 Å². The molecular weight excluding hydrogens is 360 g/mol. The lowest BCUT2D eigenvalue weighted by Gasteiger charge is -2.13. The van der Waals surface area contributed by atoms with Crippen LogP contribution in [0.3, 0.4) is 0 Å². The van der Waals surface area contributed by atoms with Crippen molar-refractivity contribution in [1.29, 1.82) is 0 Å². The third-order valence-corrected chi connectivity index (χ3v) is 3.94. The molecule has 1 aliphatic heterocycles. The molecule has 1 unspecified atom stereocenters. The maximum atomic E-state index is 11.4. The van der Waals surface area contributed by atoms with E-state index in [-0.39, 0.29) is 0 Å². The van der Waals surface area contributed by atoms with Gasteiger partial charge in [0.2, 0.25) is 0 Å². The zero-order valence-electron chi connectivity index (χ0n) is 10.6. The zero-order chi connectivity index (χ0) is 15.0. The summed E-state index contributed by atoms with van der Waals surface area (Å²) in [5, 5.41) is 12.4. The normalized spacial score (nSPS) is 15.9. The molecule has 5 nitrogen and oxygen atoms in total. The summed E-state index contributed by atoms with van der Waals surface area (Å²) in [6.45, 7) is 0. The van der Waals surface area contributed by atoms with Crippen LogP contribution in [-0.2, 0) is 0 Å². The van der Waals surface area contributed by atoms with E-state index in [1.54, 1.807) is 29.7 Å². The number of carbonyl (C=O) groups is 1. The van der Waals surface area contributed by atoms with Gasteiger partial charge in [0.05, 0.1) is 10.7 Å². The Morgan fingerprint density at radius 3 is 2.86 bits per heavy atom. The predicted molar refractivity (Wildman–Crippen MR) is 81.8 cm³/mol. The van der Waals surface area contributed by atoms with Crippen molar-refractivity contribution in [2.75, 3.05) is 5.32 Å².